The first kappa shape index (κ1) is 14.6. The lowest BCUT2D eigenvalue weighted by Gasteiger charge is -2.14. The van der Waals surface area contributed by atoms with Gasteiger partial charge < -0.3 is 16.4 Å². The van der Waals surface area contributed by atoms with Gasteiger partial charge in [0.1, 0.15) is 0 Å². The molecule has 0 radical (unpaired) electrons. The molecule has 0 aliphatic carbocycles. The topological polar surface area (TPSA) is 67.2 Å². The molecule has 4 nitrogen and oxygen atoms in total. The minimum atomic E-state index is -0.542. The van der Waals surface area contributed by atoms with Crippen molar-refractivity contribution in [2.75, 3.05) is 11.9 Å². The molecule has 0 aliphatic heterocycles. The zero-order chi connectivity index (χ0) is 14.4. The Kier molecular flexibility index (Phi) is 5.15. The van der Waals surface area contributed by atoms with E-state index in [1.165, 1.54) is 11.1 Å². The van der Waals surface area contributed by atoms with Crippen LogP contribution in [-0.2, 0) is 6.42 Å². The van der Waals surface area contributed by atoms with Crippen molar-refractivity contribution in [1.29, 1.82) is 0 Å². The molecule has 1 aromatic heterocycles. The molecule has 2 amide bonds. The maximum atomic E-state index is 10.7. The Morgan fingerprint density at radius 1 is 1.30 bits per heavy atom. The lowest BCUT2D eigenvalue weighted by molar-refractivity contribution is 0.259. The van der Waals surface area contributed by atoms with Crippen LogP contribution in [0.1, 0.15) is 24.1 Å². The van der Waals surface area contributed by atoms with Gasteiger partial charge in [-0.2, -0.15) is 11.3 Å². The van der Waals surface area contributed by atoms with E-state index in [1.807, 2.05) is 24.3 Å². The van der Waals surface area contributed by atoms with E-state index in [4.69, 9.17) is 5.73 Å². The highest BCUT2D eigenvalue weighted by Gasteiger charge is 2.05. The summed E-state index contributed by atoms with van der Waals surface area (Å²) < 4.78 is 0. The predicted molar refractivity (Wildman–Crippen MR) is 84.1 cm³/mol. The summed E-state index contributed by atoms with van der Waals surface area (Å²) in [7, 11) is 0. The molecule has 0 saturated heterocycles. The predicted octanol–water partition coefficient (Wildman–Crippen LogP) is 3.13. The average molecular weight is 289 g/mol. The summed E-state index contributed by atoms with van der Waals surface area (Å²) in [6.45, 7) is 3.07. The summed E-state index contributed by atoms with van der Waals surface area (Å²) >= 11 is 1.73. The molecule has 0 aliphatic rings. The molecule has 106 valence electrons. The van der Waals surface area contributed by atoms with Gasteiger partial charge in [0.2, 0.25) is 0 Å². The summed E-state index contributed by atoms with van der Waals surface area (Å²) in [4.78, 5) is 10.7. The quantitative estimate of drug-likeness (QED) is 0.765. The second-order valence-electron chi connectivity index (χ2n) is 4.67. The van der Waals surface area contributed by atoms with Gasteiger partial charge in [-0.05, 0) is 60.0 Å². The second-order valence-corrected chi connectivity index (χ2v) is 5.45. The van der Waals surface area contributed by atoms with E-state index in [9.17, 15) is 4.79 Å². The molecule has 0 bridgehead atoms. The molecule has 20 heavy (non-hydrogen) atoms. The van der Waals surface area contributed by atoms with E-state index in [1.54, 1.807) is 11.3 Å². The highest BCUT2D eigenvalue weighted by atomic mass is 32.1. The number of hydrogen-bond donors (Lipinski definition) is 3. The third-order valence-electron chi connectivity index (χ3n) is 3.12. The molecule has 5 heteroatoms. The van der Waals surface area contributed by atoms with Crippen LogP contribution in [0.5, 0.6) is 0 Å². The molecule has 1 aromatic carbocycles. The fourth-order valence-electron chi connectivity index (χ4n) is 1.98. The minimum Gasteiger partial charge on any atom is -0.351 e. The summed E-state index contributed by atoms with van der Waals surface area (Å²) in [5.41, 5.74) is 8.34. The van der Waals surface area contributed by atoms with Gasteiger partial charge in [0.25, 0.3) is 0 Å². The Bertz CT molecular complexity index is 537. The molecule has 0 fully saturated rings. The molecular formula is C15H19N3OS. The van der Waals surface area contributed by atoms with Crippen molar-refractivity contribution < 1.29 is 4.79 Å². The van der Waals surface area contributed by atoms with Gasteiger partial charge in [-0.15, -0.1) is 0 Å². The fraction of sp³-hybridized carbons (Fsp3) is 0.267. The number of thiophene rings is 1. The number of rotatable bonds is 6. The molecule has 1 heterocycles. The normalized spacial score (nSPS) is 12.1. The first-order chi connectivity index (χ1) is 9.65. The van der Waals surface area contributed by atoms with Gasteiger partial charge in [-0.25, -0.2) is 4.79 Å². The lowest BCUT2D eigenvalue weighted by Crippen LogP contribution is -2.21. The van der Waals surface area contributed by atoms with Gasteiger partial charge in [-0.1, -0.05) is 12.1 Å². The van der Waals surface area contributed by atoms with Crippen molar-refractivity contribution in [3.8, 4) is 0 Å². The number of benzene rings is 1. The zero-order valence-electron chi connectivity index (χ0n) is 11.4. The van der Waals surface area contributed by atoms with E-state index >= 15 is 0 Å². The van der Waals surface area contributed by atoms with Crippen LogP contribution >= 0.6 is 11.3 Å². The van der Waals surface area contributed by atoms with Crippen LogP contribution in [0.25, 0.3) is 0 Å². The van der Waals surface area contributed by atoms with Crippen LogP contribution in [0.15, 0.2) is 41.1 Å². The largest absolute Gasteiger partial charge is 0.351 e. The number of hydrogen-bond acceptors (Lipinski definition) is 3. The van der Waals surface area contributed by atoms with E-state index in [-0.39, 0.29) is 6.04 Å². The van der Waals surface area contributed by atoms with Crippen LogP contribution in [0.2, 0.25) is 0 Å². The molecule has 4 N–H and O–H groups in total. The molecule has 2 aromatic rings. The molecule has 0 spiro atoms. The number of carbonyl (C=O) groups excluding carboxylic acids is 1. The van der Waals surface area contributed by atoms with Gasteiger partial charge in [-0.3, -0.25) is 0 Å². The van der Waals surface area contributed by atoms with Gasteiger partial charge >= 0.3 is 6.03 Å². The first-order valence-electron chi connectivity index (χ1n) is 6.56. The van der Waals surface area contributed by atoms with Crippen LogP contribution in [-0.4, -0.2) is 12.6 Å². The highest BCUT2D eigenvalue weighted by molar-refractivity contribution is 7.07. The Morgan fingerprint density at radius 2 is 2.05 bits per heavy atom. The van der Waals surface area contributed by atoms with E-state index in [0.29, 0.717) is 5.69 Å². The number of amides is 2. The van der Waals surface area contributed by atoms with Crippen molar-refractivity contribution >= 4 is 23.1 Å². The van der Waals surface area contributed by atoms with E-state index in [2.05, 4.69) is 34.4 Å². The van der Waals surface area contributed by atoms with Crippen LogP contribution in [0, 0.1) is 0 Å². The Morgan fingerprint density at radius 3 is 2.65 bits per heavy atom. The van der Waals surface area contributed by atoms with Gasteiger partial charge in [0.15, 0.2) is 0 Å². The van der Waals surface area contributed by atoms with Crippen molar-refractivity contribution in [2.45, 2.75) is 19.4 Å². The number of nitrogens with one attached hydrogen (secondary N) is 2. The number of primary amides is 1. The molecule has 0 saturated carbocycles. The summed E-state index contributed by atoms with van der Waals surface area (Å²) in [6.07, 6.45) is 1.04. The maximum absolute atomic E-state index is 10.7. The number of carbonyl (C=O) groups is 1. The van der Waals surface area contributed by atoms with Crippen molar-refractivity contribution in [1.82, 2.24) is 5.32 Å². The highest BCUT2D eigenvalue weighted by Crippen LogP contribution is 2.16. The zero-order valence-corrected chi connectivity index (χ0v) is 12.2. The Labute approximate surface area is 123 Å². The minimum absolute atomic E-state index is 0.274. The van der Waals surface area contributed by atoms with Crippen molar-refractivity contribution in [3.05, 3.63) is 52.2 Å². The third-order valence-corrected chi connectivity index (χ3v) is 3.85. The summed E-state index contributed by atoms with van der Waals surface area (Å²) in [5, 5.41) is 10.3. The molecule has 2 rings (SSSR count). The van der Waals surface area contributed by atoms with Gasteiger partial charge in [0, 0.05) is 11.7 Å². The number of anilines is 1. The summed E-state index contributed by atoms with van der Waals surface area (Å²) in [5.74, 6) is 0. The molecule has 1 unspecified atom stereocenters. The number of urea groups is 1. The standard InChI is InChI=1S/C15H19N3OS/c1-11(17-8-6-12-7-9-20-10-12)13-2-4-14(5-3-13)18-15(16)19/h2-5,7,9-11,17H,6,8H2,1H3,(H3,16,18,19). The number of nitrogens with two attached hydrogens (primary N) is 1. The Hall–Kier alpha value is -1.85. The molecule has 1 atom stereocenters. The average Bonchev–Trinajstić information content (AvgIpc) is 2.92. The van der Waals surface area contributed by atoms with Crippen molar-refractivity contribution in [3.63, 3.8) is 0 Å². The Balaban J connectivity index is 1.82. The third kappa shape index (κ3) is 4.36. The monoisotopic (exact) mass is 289 g/mol. The van der Waals surface area contributed by atoms with Crippen molar-refractivity contribution in [2.24, 2.45) is 5.73 Å². The maximum Gasteiger partial charge on any atom is 0.316 e. The summed E-state index contributed by atoms with van der Waals surface area (Å²) in [6, 6.07) is 9.59. The van der Waals surface area contributed by atoms with E-state index < -0.39 is 6.03 Å². The second kappa shape index (κ2) is 7.07. The van der Waals surface area contributed by atoms with Crippen LogP contribution < -0.4 is 16.4 Å². The fourth-order valence-corrected chi connectivity index (χ4v) is 2.69. The first-order valence-corrected chi connectivity index (χ1v) is 7.50. The molecular weight excluding hydrogens is 270 g/mol. The SMILES string of the molecule is CC(NCCc1ccsc1)c1ccc(NC(N)=O)cc1. The van der Waals surface area contributed by atoms with Crippen LogP contribution in [0.4, 0.5) is 10.5 Å². The van der Waals surface area contributed by atoms with E-state index in [0.717, 1.165) is 13.0 Å². The van der Waals surface area contributed by atoms with Crippen LogP contribution in [0.3, 0.4) is 0 Å². The smallest absolute Gasteiger partial charge is 0.316 e. The van der Waals surface area contributed by atoms with Gasteiger partial charge in [0.05, 0.1) is 0 Å². The lowest BCUT2D eigenvalue weighted by atomic mass is 10.1.